The highest BCUT2D eigenvalue weighted by Gasteiger charge is 2.12. The first-order chi connectivity index (χ1) is 10.7. The van der Waals surface area contributed by atoms with Crippen molar-refractivity contribution >= 4 is 17.7 Å². The predicted molar refractivity (Wildman–Crippen MR) is 83.4 cm³/mol. The summed E-state index contributed by atoms with van der Waals surface area (Å²) in [7, 11) is 0. The maximum absolute atomic E-state index is 11.8. The van der Waals surface area contributed by atoms with Gasteiger partial charge in [-0.05, 0) is 30.0 Å². The molecule has 1 aromatic carbocycles. The number of thioether (sulfide) groups is 1. The van der Waals surface area contributed by atoms with Crippen molar-refractivity contribution in [3.63, 3.8) is 0 Å². The molecular weight excluding hydrogens is 306 g/mol. The fourth-order valence-electron chi connectivity index (χ4n) is 1.54. The van der Waals surface area contributed by atoms with Gasteiger partial charge in [0.1, 0.15) is 17.8 Å². The van der Waals surface area contributed by atoms with E-state index in [1.807, 2.05) is 5.40 Å². The van der Waals surface area contributed by atoms with Crippen molar-refractivity contribution < 1.29 is 19.4 Å². The van der Waals surface area contributed by atoms with Gasteiger partial charge in [0.15, 0.2) is 5.44 Å². The third-order valence-electron chi connectivity index (χ3n) is 2.49. The van der Waals surface area contributed by atoms with E-state index in [0.29, 0.717) is 24.4 Å². The Bertz CT molecular complexity index is 507. The van der Waals surface area contributed by atoms with Gasteiger partial charge in [0.2, 0.25) is 0 Å². The molecule has 0 fully saturated rings. The minimum atomic E-state index is -0.508. The second kappa shape index (κ2) is 10.9. The van der Waals surface area contributed by atoms with Crippen LogP contribution in [-0.2, 0) is 4.74 Å². The first-order valence-corrected chi connectivity index (χ1v) is 7.57. The number of carbonyl (C=O) groups is 1. The van der Waals surface area contributed by atoms with Crippen LogP contribution in [0.5, 0.6) is 5.75 Å². The maximum atomic E-state index is 11.8. The maximum Gasteiger partial charge on any atom is 0.251 e. The molecular formula is C14H19N3O4S. The Morgan fingerprint density at radius 2 is 2.36 bits per heavy atom. The highest BCUT2D eigenvalue weighted by Crippen LogP contribution is 2.17. The number of amides is 1. The Morgan fingerprint density at radius 1 is 1.55 bits per heavy atom. The summed E-state index contributed by atoms with van der Waals surface area (Å²) in [4.78, 5) is 11.8. The number of hydrogen-bond acceptors (Lipinski definition) is 7. The number of ether oxygens (including phenoxy) is 2. The lowest BCUT2D eigenvalue weighted by atomic mass is 10.2. The molecule has 1 amide bonds. The SMILES string of the molecule is N#CSC(COc1cccc(C(=O)NCCN)c1)OCCO. The number of aliphatic hydroxyl groups excluding tert-OH is 1. The molecule has 4 N–H and O–H groups in total. The molecule has 1 aromatic rings. The number of rotatable bonds is 10. The molecule has 0 radical (unpaired) electrons. The van der Waals surface area contributed by atoms with Crippen LogP contribution in [0.25, 0.3) is 0 Å². The van der Waals surface area contributed by atoms with Gasteiger partial charge in [0.05, 0.1) is 13.2 Å². The van der Waals surface area contributed by atoms with E-state index in [4.69, 9.17) is 25.6 Å². The molecule has 0 aliphatic heterocycles. The average Bonchev–Trinajstić information content (AvgIpc) is 2.55. The molecule has 22 heavy (non-hydrogen) atoms. The molecule has 8 heteroatoms. The van der Waals surface area contributed by atoms with Crippen LogP contribution in [0.4, 0.5) is 0 Å². The molecule has 1 unspecified atom stereocenters. The number of benzene rings is 1. The standard InChI is InChI=1S/C14H19N3O4S/c15-4-5-17-14(19)11-2-1-3-12(8-11)21-9-13(22-10-16)20-7-6-18/h1-3,8,13,18H,4-7,9,15H2,(H,17,19). The zero-order chi connectivity index (χ0) is 16.2. The fraction of sp³-hybridized carbons (Fsp3) is 0.429. The number of nitrogens with one attached hydrogen (secondary N) is 1. The Hall–Kier alpha value is -1.79. The first-order valence-electron chi connectivity index (χ1n) is 6.69. The molecule has 0 aliphatic carbocycles. The second-order valence-corrected chi connectivity index (χ2v) is 5.06. The number of hydrogen-bond donors (Lipinski definition) is 3. The third kappa shape index (κ3) is 6.78. The zero-order valence-corrected chi connectivity index (χ0v) is 12.8. The van der Waals surface area contributed by atoms with E-state index in [-0.39, 0.29) is 25.7 Å². The Kier molecular flexibility index (Phi) is 9.02. The van der Waals surface area contributed by atoms with Gasteiger partial charge in [0, 0.05) is 18.7 Å². The molecule has 1 rings (SSSR count). The smallest absolute Gasteiger partial charge is 0.251 e. The van der Waals surface area contributed by atoms with Crippen molar-refractivity contribution in [1.82, 2.24) is 5.32 Å². The summed E-state index contributed by atoms with van der Waals surface area (Å²) in [6.45, 7) is 0.909. The van der Waals surface area contributed by atoms with Gasteiger partial charge in [-0.25, -0.2) is 0 Å². The highest BCUT2D eigenvalue weighted by molar-refractivity contribution is 8.04. The molecule has 0 saturated heterocycles. The van der Waals surface area contributed by atoms with Gasteiger partial charge in [0.25, 0.3) is 5.91 Å². The predicted octanol–water partition coefficient (Wildman–Crippen LogP) is 0.303. The van der Waals surface area contributed by atoms with Crippen LogP contribution in [0.1, 0.15) is 10.4 Å². The summed E-state index contributed by atoms with van der Waals surface area (Å²) in [6, 6.07) is 6.68. The van der Waals surface area contributed by atoms with E-state index < -0.39 is 5.44 Å². The summed E-state index contributed by atoms with van der Waals surface area (Å²) >= 11 is 0.911. The Balaban J connectivity index is 2.57. The topological polar surface area (TPSA) is 118 Å². The van der Waals surface area contributed by atoms with Crippen LogP contribution in [0, 0.1) is 10.7 Å². The molecule has 0 bridgehead atoms. The third-order valence-corrected chi connectivity index (χ3v) is 3.13. The minimum Gasteiger partial charge on any atom is -0.490 e. The van der Waals surface area contributed by atoms with E-state index in [1.165, 1.54) is 0 Å². The highest BCUT2D eigenvalue weighted by atomic mass is 32.2. The minimum absolute atomic E-state index is 0.126. The monoisotopic (exact) mass is 325 g/mol. The van der Waals surface area contributed by atoms with Crippen LogP contribution in [-0.4, -0.2) is 49.4 Å². The number of carbonyl (C=O) groups excluding carboxylic acids is 1. The lowest BCUT2D eigenvalue weighted by Crippen LogP contribution is -2.29. The number of nitrogens with zero attached hydrogens (tertiary/aromatic N) is 1. The Labute approximate surface area is 133 Å². The van der Waals surface area contributed by atoms with Crippen LogP contribution >= 0.6 is 11.8 Å². The fourth-order valence-corrected chi connectivity index (χ4v) is 1.96. The van der Waals surface area contributed by atoms with Crippen molar-refractivity contribution in [3.05, 3.63) is 29.8 Å². The lowest BCUT2D eigenvalue weighted by molar-refractivity contribution is 0.0513. The molecule has 120 valence electrons. The van der Waals surface area contributed by atoms with Gasteiger partial charge < -0.3 is 25.6 Å². The van der Waals surface area contributed by atoms with Crippen molar-refractivity contribution in [2.24, 2.45) is 5.73 Å². The van der Waals surface area contributed by atoms with E-state index >= 15 is 0 Å². The first kappa shape index (κ1) is 18.3. The van der Waals surface area contributed by atoms with Gasteiger partial charge in [-0.1, -0.05) is 6.07 Å². The van der Waals surface area contributed by atoms with Crippen molar-refractivity contribution in [2.75, 3.05) is 32.9 Å². The molecule has 0 spiro atoms. The van der Waals surface area contributed by atoms with E-state index in [0.717, 1.165) is 11.8 Å². The lowest BCUT2D eigenvalue weighted by Gasteiger charge is -2.15. The number of nitriles is 1. The number of thiocyanates is 1. The van der Waals surface area contributed by atoms with E-state index in [9.17, 15) is 4.79 Å². The number of aliphatic hydroxyl groups is 1. The molecule has 0 aromatic heterocycles. The van der Waals surface area contributed by atoms with E-state index in [1.54, 1.807) is 24.3 Å². The average molecular weight is 325 g/mol. The normalized spacial score (nSPS) is 11.5. The van der Waals surface area contributed by atoms with Crippen LogP contribution in [0.3, 0.4) is 0 Å². The molecule has 1 atom stereocenters. The van der Waals surface area contributed by atoms with Gasteiger partial charge in [-0.15, -0.1) is 0 Å². The second-order valence-electron chi connectivity index (χ2n) is 4.12. The van der Waals surface area contributed by atoms with Crippen molar-refractivity contribution in [1.29, 1.82) is 5.26 Å². The summed E-state index contributed by atoms with van der Waals surface area (Å²) < 4.78 is 10.8. The Morgan fingerprint density at radius 3 is 3.05 bits per heavy atom. The largest absolute Gasteiger partial charge is 0.490 e. The summed E-state index contributed by atoms with van der Waals surface area (Å²) in [6.07, 6.45) is 0. The van der Waals surface area contributed by atoms with Crippen LogP contribution in [0.15, 0.2) is 24.3 Å². The van der Waals surface area contributed by atoms with Gasteiger partial charge >= 0.3 is 0 Å². The molecule has 0 heterocycles. The molecule has 7 nitrogen and oxygen atoms in total. The van der Waals surface area contributed by atoms with Crippen LogP contribution < -0.4 is 15.8 Å². The summed E-state index contributed by atoms with van der Waals surface area (Å²) in [5.74, 6) is 0.270. The molecule has 0 aliphatic rings. The zero-order valence-electron chi connectivity index (χ0n) is 12.0. The summed E-state index contributed by atoms with van der Waals surface area (Å²) in [5, 5.41) is 22.0. The van der Waals surface area contributed by atoms with Gasteiger partial charge in [-0.2, -0.15) is 5.26 Å². The van der Waals surface area contributed by atoms with Crippen molar-refractivity contribution in [2.45, 2.75) is 5.44 Å². The van der Waals surface area contributed by atoms with Gasteiger partial charge in [-0.3, -0.25) is 4.79 Å². The number of nitrogens with two attached hydrogens (primary N) is 1. The van der Waals surface area contributed by atoms with E-state index in [2.05, 4.69) is 5.32 Å². The van der Waals surface area contributed by atoms with Crippen LogP contribution in [0.2, 0.25) is 0 Å². The van der Waals surface area contributed by atoms with Crippen molar-refractivity contribution in [3.8, 4) is 11.2 Å². The quantitative estimate of drug-likeness (QED) is 0.418. The summed E-state index contributed by atoms with van der Waals surface area (Å²) in [5.41, 5.74) is 5.29. The molecule has 0 saturated carbocycles.